The predicted octanol–water partition coefficient (Wildman–Crippen LogP) is 4.61. The highest BCUT2D eigenvalue weighted by atomic mass is 127. The molecule has 3 rings (SSSR count). The van der Waals surface area contributed by atoms with Crippen LogP contribution in [0, 0.1) is 3.57 Å². The minimum atomic E-state index is -3.77. The molecule has 2 amide bonds. The van der Waals surface area contributed by atoms with Gasteiger partial charge in [-0.25, -0.2) is 8.42 Å². The summed E-state index contributed by atoms with van der Waals surface area (Å²) in [6, 6.07) is 25.1. The van der Waals surface area contributed by atoms with Gasteiger partial charge in [0.15, 0.2) is 0 Å². The fourth-order valence-electron chi connectivity index (χ4n) is 4.06. The number of amides is 2. The van der Waals surface area contributed by atoms with Crippen LogP contribution in [0.4, 0.5) is 5.69 Å². The number of unbranched alkanes of at least 4 members (excludes halogenated alkanes) is 1. The topological polar surface area (TPSA) is 86.8 Å². The van der Waals surface area contributed by atoms with Crippen molar-refractivity contribution in [3.8, 4) is 0 Å². The summed E-state index contributed by atoms with van der Waals surface area (Å²) in [5, 5.41) is 2.98. The molecule has 3 aromatic carbocycles. The van der Waals surface area contributed by atoms with Gasteiger partial charge in [0.2, 0.25) is 21.8 Å². The summed E-state index contributed by atoms with van der Waals surface area (Å²) in [6.07, 6.45) is 3.14. The third kappa shape index (κ3) is 8.83. The first-order chi connectivity index (χ1) is 18.2. The molecule has 0 aliphatic heterocycles. The molecule has 0 unspecified atom stereocenters. The molecule has 0 radical (unpaired) electrons. The van der Waals surface area contributed by atoms with Crippen molar-refractivity contribution in [1.82, 2.24) is 10.2 Å². The Morgan fingerprint density at radius 2 is 1.47 bits per heavy atom. The van der Waals surface area contributed by atoms with Crippen LogP contribution in [0.15, 0.2) is 84.9 Å². The van der Waals surface area contributed by atoms with E-state index in [2.05, 4.69) is 27.9 Å². The lowest BCUT2D eigenvalue weighted by atomic mass is 10.0. The van der Waals surface area contributed by atoms with Crippen LogP contribution < -0.4 is 9.62 Å². The third-order valence-electron chi connectivity index (χ3n) is 6.09. The normalized spacial score (nSPS) is 12.0. The lowest BCUT2D eigenvalue weighted by Gasteiger charge is -2.33. The van der Waals surface area contributed by atoms with Crippen molar-refractivity contribution in [2.45, 2.75) is 38.8 Å². The van der Waals surface area contributed by atoms with E-state index in [1.807, 2.05) is 67.6 Å². The number of benzene rings is 3. The Morgan fingerprint density at radius 1 is 0.895 bits per heavy atom. The molecule has 0 aromatic heterocycles. The smallest absolute Gasteiger partial charge is 0.244 e. The van der Waals surface area contributed by atoms with Crippen LogP contribution in [0.2, 0.25) is 0 Å². The monoisotopic (exact) mass is 647 g/mol. The molecule has 0 saturated heterocycles. The van der Waals surface area contributed by atoms with Crippen LogP contribution in [-0.2, 0) is 32.6 Å². The molecular formula is C29H34IN3O4S. The number of carbonyl (C=O) groups excluding carboxylic acids is 2. The van der Waals surface area contributed by atoms with E-state index in [1.165, 1.54) is 4.90 Å². The molecular weight excluding hydrogens is 613 g/mol. The zero-order chi connectivity index (χ0) is 27.5. The van der Waals surface area contributed by atoms with Crippen LogP contribution in [0.25, 0.3) is 0 Å². The second-order valence-electron chi connectivity index (χ2n) is 9.10. The first-order valence-corrected chi connectivity index (χ1v) is 15.5. The molecule has 0 spiro atoms. The van der Waals surface area contributed by atoms with Gasteiger partial charge in [-0.15, -0.1) is 0 Å². The minimum Gasteiger partial charge on any atom is -0.354 e. The minimum absolute atomic E-state index is 0.169. The van der Waals surface area contributed by atoms with E-state index in [1.54, 1.807) is 24.3 Å². The lowest BCUT2D eigenvalue weighted by Crippen LogP contribution is -2.53. The number of halogens is 1. The van der Waals surface area contributed by atoms with Gasteiger partial charge in [-0.2, -0.15) is 0 Å². The Bertz CT molecular complexity index is 1290. The van der Waals surface area contributed by atoms with Crippen molar-refractivity contribution in [1.29, 1.82) is 0 Å². The molecule has 1 N–H and O–H groups in total. The Morgan fingerprint density at radius 3 is 2.03 bits per heavy atom. The SMILES string of the molecule is CCCCNC(=O)[C@H](Cc1ccccc1)N(Cc1ccccc1)C(=O)CN(c1ccc(I)cc1)S(C)(=O)=O. The number of rotatable bonds is 13. The molecule has 0 aliphatic carbocycles. The van der Waals surface area contributed by atoms with Crippen molar-refractivity contribution in [2.24, 2.45) is 0 Å². The Balaban J connectivity index is 2.00. The van der Waals surface area contributed by atoms with Crippen molar-refractivity contribution in [3.63, 3.8) is 0 Å². The predicted molar refractivity (Wildman–Crippen MR) is 160 cm³/mol. The molecule has 3 aromatic rings. The molecule has 1 atom stereocenters. The molecule has 0 heterocycles. The average Bonchev–Trinajstić information content (AvgIpc) is 2.90. The molecule has 0 bridgehead atoms. The van der Waals surface area contributed by atoms with Crippen molar-refractivity contribution < 1.29 is 18.0 Å². The number of nitrogens with zero attached hydrogens (tertiary/aromatic N) is 2. The maximum atomic E-state index is 13.9. The van der Waals surface area contributed by atoms with Crippen LogP contribution in [0.3, 0.4) is 0 Å². The van der Waals surface area contributed by atoms with E-state index in [0.29, 0.717) is 18.7 Å². The number of nitrogens with one attached hydrogen (secondary N) is 1. The van der Waals surface area contributed by atoms with E-state index in [0.717, 1.165) is 38.1 Å². The second kappa shape index (κ2) is 14.3. The van der Waals surface area contributed by atoms with Crippen LogP contribution in [-0.4, -0.2) is 50.5 Å². The first kappa shape index (κ1) is 29.6. The molecule has 38 heavy (non-hydrogen) atoms. The van der Waals surface area contributed by atoms with Crippen molar-refractivity contribution >= 4 is 50.1 Å². The van der Waals surface area contributed by atoms with Crippen LogP contribution >= 0.6 is 22.6 Å². The fraction of sp³-hybridized carbons (Fsp3) is 0.310. The number of sulfonamides is 1. The highest BCUT2D eigenvalue weighted by Gasteiger charge is 2.32. The average molecular weight is 648 g/mol. The highest BCUT2D eigenvalue weighted by Crippen LogP contribution is 2.21. The molecule has 0 saturated carbocycles. The summed E-state index contributed by atoms with van der Waals surface area (Å²) in [7, 11) is -3.77. The van der Waals surface area contributed by atoms with Gasteiger partial charge in [0.25, 0.3) is 0 Å². The summed E-state index contributed by atoms with van der Waals surface area (Å²) < 4.78 is 27.6. The van der Waals surface area contributed by atoms with Gasteiger partial charge >= 0.3 is 0 Å². The molecule has 202 valence electrons. The maximum absolute atomic E-state index is 13.9. The summed E-state index contributed by atoms with van der Waals surface area (Å²) in [6.45, 7) is 2.30. The summed E-state index contributed by atoms with van der Waals surface area (Å²) >= 11 is 2.14. The number of carbonyl (C=O) groups is 2. The quantitative estimate of drug-likeness (QED) is 0.217. The van der Waals surface area contributed by atoms with E-state index < -0.39 is 28.5 Å². The zero-order valence-electron chi connectivity index (χ0n) is 21.7. The van der Waals surface area contributed by atoms with Gasteiger partial charge in [0.05, 0.1) is 11.9 Å². The van der Waals surface area contributed by atoms with Gasteiger partial charge in [0, 0.05) is 23.1 Å². The second-order valence-corrected chi connectivity index (χ2v) is 12.3. The molecule has 0 aliphatic rings. The van der Waals surface area contributed by atoms with Crippen molar-refractivity contribution in [2.75, 3.05) is 23.7 Å². The fourth-order valence-corrected chi connectivity index (χ4v) is 5.27. The van der Waals surface area contributed by atoms with Crippen molar-refractivity contribution in [3.05, 3.63) is 99.6 Å². The van der Waals surface area contributed by atoms with Gasteiger partial charge in [-0.3, -0.25) is 13.9 Å². The van der Waals surface area contributed by atoms with E-state index in [-0.39, 0.29) is 12.5 Å². The van der Waals surface area contributed by atoms with Gasteiger partial charge in [-0.05, 0) is 64.4 Å². The van der Waals surface area contributed by atoms with Crippen LogP contribution in [0.5, 0.6) is 0 Å². The van der Waals surface area contributed by atoms with E-state index in [9.17, 15) is 18.0 Å². The van der Waals surface area contributed by atoms with Gasteiger partial charge in [0.1, 0.15) is 12.6 Å². The summed E-state index contributed by atoms with van der Waals surface area (Å²) in [4.78, 5) is 29.0. The number of anilines is 1. The Labute approximate surface area is 239 Å². The summed E-state index contributed by atoms with van der Waals surface area (Å²) in [5.41, 5.74) is 2.15. The molecule has 7 nitrogen and oxygen atoms in total. The number of hydrogen-bond acceptors (Lipinski definition) is 4. The Kier molecular flexibility index (Phi) is 11.1. The van der Waals surface area contributed by atoms with Gasteiger partial charge in [-0.1, -0.05) is 74.0 Å². The van der Waals surface area contributed by atoms with Crippen LogP contribution in [0.1, 0.15) is 30.9 Å². The maximum Gasteiger partial charge on any atom is 0.244 e. The Hall–Kier alpha value is -2.92. The molecule has 9 heteroatoms. The highest BCUT2D eigenvalue weighted by molar-refractivity contribution is 14.1. The first-order valence-electron chi connectivity index (χ1n) is 12.6. The standard InChI is InChI=1S/C29H34IN3O4S/c1-3-4-19-31-29(35)27(20-23-11-7-5-8-12-23)32(21-24-13-9-6-10-14-24)28(34)22-33(38(2,36)37)26-17-15-25(30)16-18-26/h5-18,27H,3-4,19-22H2,1-2H3,(H,31,35)/t27-/m0/s1. The number of hydrogen-bond donors (Lipinski definition) is 1. The third-order valence-corrected chi connectivity index (χ3v) is 7.95. The van der Waals surface area contributed by atoms with Gasteiger partial charge < -0.3 is 10.2 Å². The van der Waals surface area contributed by atoms with E-state index >= 15 is 0 Å². The molecule has 0 fully saturated rings. The lowest BCUT2D eigenvalue weighted by molar-refractivity contribution is -0.140. The largest absolute Gasteiger partial charge is 0.354 e. The van der Waals surface area contributed by atoms with E-state index in [4.69, 9.17) is 0 Å². The zero-order valence-corrected chi connectivity index (χ0v) is 24.7. The summed E-state index contributed by atoms with van der Waals surface area (Å²) in [5.74, 6) is -0.712.